The largest absolute Gasteiger partial charge is 0.497 e. The van der Waals surface area contributed by atoms with Crippen molar-refractivity contribution >= 4 is 11.6 Å². The van der Waals surface area contributed by atoms with Gasteiger partial charge in [-0.2, -0.15) is 0 Å². The minimum Gasteiger partial charge on any atom is -0.497 e. The van der Waals surface area contributed by atoms with Crippen LogP contribution in [0.15, 0.2) is 24.3 Å². The van der Waals surface area contributed by atoms with Gasteiger partial charge in [-0.05, 0) is 37.2 Å². The third-order valence-corrected chi connectivity index (χ3v) is 2.87. The molecule has 0 bridgehead atoms. The number of benzene rings is 1. The summed E-state index contributed by atoms with van der Waals surface area (Å²) in [6.45, 7) is 3.45. The zero-order valence-corrected chi connectivity index (χ0v) is 11.9. The number of hydrogen-bond acceptors (Lipinski definition) is 3. The lowest BCUT2D eigenvalue weighted by atomic mass is 10.2. The second-order valence-electron chi connectivity index (χ2n) is 4.51. The molecule has 0 fully saturated rings. The lowest BCUT2D eigenvalue weighted by Crippen LogP contribution is -2.28. The number of carbonyl (C=O) groups excluding carboxylic acids is 1. The lowest BCUT2D eigenvalue weighted by molar-refractivity contribution is -0.115. The minimum atomic E-state index is -0.0133. The molecule has 0 atom stereocenters. The predicted octanol–water partition coefficient (Wildman–Crippen LogP) is 2.80. The van der Waals surface area contributed by atoms with E-state index in [2.05, 4.69) is 17.6 Å². The molecule has 0 aromatic heterocycles. The van der Waals surface area contributed by atoms with Crippen molar-refractivity contribution in [1.29, 1.82) is 0 Å². The summed E-state index contributed by atoms with van der Waals surface area (Å²) in [6.07, 6.45) is 4.85. The maximum absolute atomic E-state index is 11.7. The zero-order chi connectivity index (χ0) is 13.9. The topological polar surface area (TPSA) is 50.4 Å². The van der Waals surface area contributed by atoms with Gasteiger partial charge in [0.1, 0.15) is 5.75 Å². The number of rotatable bonds is 9. The second kappa shape index (κ2) is 9.39. The van der Waals surface area contributed by atoms with Crippen molar-refractivity contribution in [2.75, 3.05) is 25.5 Å². The van der Waals surface area contributed by atoms with Crippen molar-refractivity contribution in [2.45, 2.75) is 32.6 Å². The SMILES string of the molecule is CCCCCCNCC(=O)Nc1ccc(OC)cc1. The summed E-state index contributed by atoms with van der Waals surface area (Å²) in [6, 6.07) is 7.32. The number of unbranched alkanes of at least 4 members (excludes halogenated alkanes) is 3. The number of carbonyl (C=O) groups is 1. The van der Waals surface area contributed by atoms with Gasteiger partial charge in [0.15, 0.2) is 0 Å². The van der Waals surface area contributed by atoms with E-state index in [9.17, 15) is 4.79 Å². The first kappa shape index (κ1) is 15.5. The molecule has 2 N–H and O–H groups in total. The molecular weight excluding hydrogens is 240 g/mol. The number of hydrogen-bond donors (Lipinski definition) is 2. The first-order chi connectivity index (χ1) is 9.26. The van der Waals surface area contributed by atoms with Crippen molar-refractivity contribution in [1.82, 2.24) is 5.32 Å². The number of anilines is 1. The standard InChI is InChI=1S/C15H24N2O2/c1-3-4-5-6-11-16-12-15(18)17-13-7-9-14(19-2)10-8-13/h7-10,16H,3-6,11-12H2,1-2H3,(H,17,18). The van der Waals surface area contributed by atoms with Crippen molar-refractivity contribution in [3.8, 4) is 5.75 Å². The third kappa shape index (κ3) is 6.82. The molecule has 1 rings (SSSR count). The van der Waals surface area contributed by atoms with Gasteiger partial charge in [0.25, 0.3) is 0 Å². The summed E-state index contributed by atoms with van der Waals surface area (Å²) in [7, 11) is 1.62. The smallest absolute Gasteiger partial charge is 0.238 e. The Balaban J connectivity index is 2.16. The number of nitrogens with one attached hydrogen (secondary N) is 2. The van der Waals surface area contributed by atoms with Crippen LogP contribution in [0.4, 0.5) is 5.69 Å². The van der Waals surface area contributed by atoms with E-state index in [1.807, 2.05) is 24.3 Å². The molecule has 0 radical (unpaired) electrons. The monoisotopic (exact) mass is 264 g/mol. The fraction of sp³-hybridized carbons (Fsp3) is 0.533. The predicted molar refractivity (Wildman–Crippen MR) is 78.6 cm³/mol. The highest BCUT2D eigenvalue weighted by molar-refractivity contribution is 5.92. The van der Waals surface area contributed by atoms with Crippen molar-refractivity contribution in [3.63, 3.8) is 0 Å². The summed E-state index contributed by atoms with van der Waals surface area (Å²) in [4.78, 5) is 11.7. The van der Waals surface area contributed by atoms with Crippen LogP contribution in [0.25, 0.3) is 0 Å². The molecule has 0 heterocycles. The second-order valence-corrected chi connectivity index (χ2v) is 4.51. The van der Waals surface area contributed by atoms with Gasteiger partial charge in [-0.15, -0.1) is 0 Å². The molecule has 0 aliphatic heterocycles. The lowest BCUT2D eigenvalue weighted by Gasteiger charge is -2.07. The number of ether oxygens (including phenoxy) is 1. The van der Waals surface area contributed by atoms with E-state index in [4.69, 9.17) is 4.74 Å². The average molecular weight is 264 g/mol. The molecule has 1 aromatic carbocycles. The Morgan fingerprint density at radius 2 is 1.89 bits per heavy atom. The summed E-state index contributed by atoms with van der Waals surface area (Å²) in [5.74, 6) is 0.771. The highest BCUT2D eigenvalue weighted by Gasteiger charge is 2.01. The van der Waals surface area contributed by atoms with E-state index in [0.717, 1.165) is 24.4 Å². The van der Waals surface area contributed by atoms with E-state index < -0.39 is 0 Å². The minimum absolute atomic E-state index is 0.0133. The Hall–Kier alpha value is -1.55. The van der Waals surface area contributed by atoms with E-state index in [1.54, 1.807) is 7.11 Å². The fourth-order valence-corrected chi connectivity index (χ4v) is 1.76. The first-order valence-corrected chi connectivity index (χ1v) is 6.91. The van der Waals surface area contributed by atoms with E-state index in [1.165, 1.54) is 19.3 Å². The molecule has 1 aromatic rings. The van der Waals surface area contributed by atoms with Gasteiger partial charge in [-0.25, -0.2) is 0 Å². The summed E-state index contributed by atoms with van der Waals surface area (Å²) in [5, 5.41) is 5.99. The van der Waals surface area contributed by atoms with Crippen LogP contribution < -0.4 is 15.4 Å². The molecule has 0 saturated heterocycles. The van der Waals surface area contributed by atoms with Gasteiger partial charge < -0.3 is 15.4 Å². The normalized spacial score (nSPS) is 10.2. The van der Waals surface area contributed by atoms with Gasteiger partial charge in [-0.1, -0.05) is 26.2 Å². The van der Waals surface area contributed by atoms with Crippen LogP contribution in [-0.4, -0.2) is 26.1 Å². The van der Waals surface area contributed by atoms with Gasteiger partial charge in [0.2, 0.25) is 5.91 Å². The summed E-state index contributed by atoms with van der Waals surface area (Å²) >= 11 is 0. The molecule has 1 amide bonds. The van der Waals surface area contributed by atoms with E-state index >= 15 is 0 Å². The van der Waals surface area contributed by atoms with Crippen molar-refractivity contribution in [3.05, 3.63) is 24.3 Å². The molecule has 0 saturated carbocycles. The summed E-state index contributed by atoms with van der Waals surface area (Å²) in [5.41, 5.74) is 0.790. The van der Waals surface area contributed by atoms with Crippen LogP contribution in [0, 0.1) is 0 Å². The van der Waals surface area contributed by atoms with Gasteiger partial charge in [-0.3, -0.25) is 4.79 Å². The zero-order valence-electron chi connectivity index (χ0n) is 11.9. The van der Waals surface area contributed by atoms with Gasteiger partial charge in [0.05, 0.1) is 13.7 Å². The van der Waals surface area contributed by atoms with Crippen LogP contribution in [0.1, 0.15) is 32.6 Å². The first-order valence-electron chi connectivity index (χ1n) is 6.91. The van der Waals surface area contributed by atoms with Crippen molar-refractivity contribution < 1.29 is 9.53 Å². The molecule has 19 heavy (non-hydrogen) atoms. The summed E-state index contributed by atoms with van der Waals surface area (Å²) < 4.78 is 5.06. The van der Waals surface area contributed by atoms with Crippen LogP contribution in [-0.2, 0) is 4.79 Å². The van der Waals surface area contributed by atoms with E-state index in [-0.39, 0.29) is 5.91 Å². The Morgan fingerprint density at radius 1 is 1.16 bits per heavy atom. The Kier molecular flexibility index (Phi) is 7.66. The maximum Gasteiger partial charge on any atom is 0.238 e. The molecule has 4 nitrogen and oxygen atoms in total. The third-order valence-electron chi connectivity index (χ3n) is 2.87. The molecule has 4 heteroatoms. The Bertz CT molecular complexity index is 363. The average Bonchev–Trinajstić information content (AvgIpc) is 2.43. The number of amides is 1. The fourth-order valence-electron chi connectivity index (χ4n) is 1.76. The number of methoxy groups -OCH3 is 1. The highest BCUT2D eigenvalue weighted by atomic mass is 16.5. The van der Waals surface area contributed by atoms with Crippen molar-refractivity contribution in [2.24, 2.45) is 0 Å². The molecule has 0 unspecified atom stereocenters. The van der Waals surface area contributed by atoms with Crippen LogP contribution >= 0.6 is 0 Å². The van der Waals surface area contributed by atoms with E-state index in [0.29, 0.717) is 6.54 Å². The molecular formula is C15H24N2O2. The van der Waals surface area contributed by atoms with Gasteiger partial charge in [0, 0.05) is 5.69 Å². The molecule has 0 spiro atoms. The highest BCUT2D eigenvalue weighted by Crippen LogP contribution is 2.14. The molecule has 0 aliphatic carbocycles. The Morgan fingerprint density at radius 3 is 2.53 bits per heavy atom. The molecule has 0 aliphatic rings. The van der Waals surface area contributed by atoms with Crippen LogP contribution in [0.3, 0.4) is 0 Å². The maximum atomic E-state index is 11.7. The van der Waals surface area contributed by atoms with Gasteiger partial charge >= 0.3 is 0 Å². The van der Waals surface area contributed by atoms with Crippen LogP contribution in [0.2, 0.25) is 0 Å². The quantitative estimate of drug-likeness (QED) is 0.674. The van der Waals surface area contributed by atoms with Crippen LogP contribution in [0.5, 0.6) is 5.75 Å². The Labute approximate surface area is 115 Å². The molecule has 106 valence electrons.